The van der Waals surface area contributed by atoms with Crippen molar-refractivity contribution in [3.63, 3.8) is 0 Å². The van der Waals surface area contributed by atoms with E-state index in [-0.39, 0.29) is 0 Å². The summed E-state index contributed by atoms with van der Waals surface area (Å²) in [5.74, 6) is 0. The monoisotopic (exact) mass is 1110 g/mol. The number of benzene rings is 10. The molecule has 0 saturated carbocycles. The summed E-state index contributed by atoms with van der Waals surface area (Å²) in [5, 5.41) is 7.31. The first kappa shape index (κ1) is 50.2. The summed E-state index contributed by atoms with van der Waals surface area (Å²) in [5.41, 5.74) is 12.8. The van der Waals surface area contributed by atoms with Crippen molar-refractivity contribution >= 4 is 64.8 Å². The predicted octanol–water partition coefficient (Wildman–Crippen LogP) is 12.8. The molecule has 0 radical (unpaired) electrons. The third-order valence-corrected chi connectivity index (χ3v) is 23.3. The fraction of sp³-hybridized carbons (Fsp3) is 0.0896. The van der Waals surface area contributed by atoms with E-state index < -0.39 is 42.9 Å². The summed E-state index contributed by atoms with van der Waals surface area (Å²) < 4.78 is 16.0. The molecule has 0 fully saturated rings. The smallest absolute Gasteiger partial charge is 0.288 e. The van der Waals surface area contributed by atoms with Crippen molar-refractivity contribution in [3.8, 4) is 22.3 Å². The van der Waals surface area contributed by atoms with Crippen LogP contribution in [0.5, 0.6) is 0 Å². The van der Waals surface area contributed by atoms with Gasteiger partial charge in [0.25, 0.3) is 16.6 Å². The molecule has 0 aromatic heterocycles. The Labute approximate surface area is 457 Å². The van der Waals surface area contributed by atoms with Crippen LogP contribution in [0.1, 0.15) is 46.2 Å². The maximum absolute atomic E-state index is 8.33. The zero-order valence-corrected chi connectivity index (χ0v) is 47.1. The maximum Gasteiger partial charge on any atom is 0.288 e. The molecule has 362 valence electrons. The van der Waals surface area contributed by atoms with Crippen molar-refractivity contribution in [2.24, 2.45) is 0 Å². The molecule has 0 bridgehead atoms. The summed E-state index contributed by atoms with van der Waals surface area (Å²) in [6.07, 6.45) is 3.15. The van der Waals surface area contributed by atoms with Crippen molar-refractivity contribution in [2.45, 2.75) is 31.1 Å². The molecule has 12 rings (SSSR count). The van der Waals surface area contributed by atoms with Crippen LogP contribution in [-0.4, -0.2) is 23.2 Å². The number of halogens is 2. The Morgan fingerprint density at radius 3 is 1.05 bits per heavy atom. The van der Waals surface area contributed by atoms with Crippen molar-refractivity contribution < 1.29 is 29.7 Å². The number of hydrogen-bond acceptors (Lipinski definition) is 2. The third-order valence-electron chi connectivity index (χ3n) is 15.3. The number of hydrogen-bond donors (Lipinski definition) is 0. The molecule has 10 aromatic rings. The van der Waals surface area contributed by atoms with Crippen LogP contribution in [0.2, 0.25) is 0 Å². The van der Waals surface area contributed by atoms with Gasteiger partial charge in [0.15, 0.2) is 0 Å². The molecule has 0 spiro atoms. The van der Waals surface area contributed by atoms with Crippen LogP contribution in [-0.2, 0) is 48.0 Å². The molecule has 0 atom stereocenters. The molecule has 74 heavy (non-hydrogen) atoms. The first-order valence-electron chi connectivity index (χ1n) is 25.4. The number of rotatable bonds is 16. The Morgan fingerprint density at radius 2 is 0.689 bits per heavy atom. The molecule has 0 saturated heterocycles. The molecule has 0 amide bonds. The van der Waals surface area contributed by atoms with Gasteiger partial charge in [0.05, 0.1) is 0 Å². The molecule has 0 N–H and O–H groups in total. The summed E-state index contributed by atoms with van der Waals surface area (Å²) in [7, 11) is 3.59. The third kappa shape index (κ3) is 9.43. The van der Waals surface area contributed by atoms with E-state index in [0.29, 0.717) is 13.0 Å². The topological polar surface area (TPSA) is 18.5 Å². The van der Waals surface area contributed by atoms with Crippen molar-refractivity contribution in [3.05, 3.63) is 307 Å². The predicted molar refractivity (Wildman–Crippen MR) is 310 cm³/mol. The Kier molecular flexibility index (Phi) is 15.5. The summed E-state index contributed by atoms with van der Waals surface area (Å²) in [4.78, 5) is 0. The minimum Gasteiger partial charge on any atom is -0.583 e. The standard InChI is InChI=1S/C67H55O2Si2.2ClH.Zr/c1-7-28-53(29-8-1)70(54-30-9-2-10-31-54,55-32-11-3-12-33-55)68-47-25-46-67(65-44-23-42-61-59-40-21-19-26-51(59)48-63(61)65,66-45-24-43-62-60-41-22-20-27-52(60)49-64(62)66)50-69-71(56-34-13-4-14-35-56,57-36-15-5-16-37-57)58-38-17-6-18-39-58;;;/h1-24,26-45,47H,25,46,48-50H2;2*1H;/q-1;;;+2/p-2. The van der Waals surface area contributed by atoms with E-state index >= 15 is 0 Å². The van der Waals surface area contributed by atoms with Gasteiger partial charge in [-0.25, -0.2) is 6.61 Å². The van der Waals surface area contributed by atoms with Gasteiger partial charge in [-0.15, -0.1) is 0 Å². The average Bonchev–Trinajstić information content (AvgIpc) is 4.06. The molecule has 7 heteroatoms. The molecule has 10 aromatic carbocycles. The van der Waals surface area contributed by atoms with E-state index in [1.807, 2.05) is 0 Å². The molecule has 2 aliphatic carbocycles. The Morgan fingerprint density at radius 1 is 0.378 bits per heavy atom. The fourth-order valence-corrected chi connectivity index (χ4v) is 19.8. The Balaban J connectivity index is 0.00000192. The van der Waals surface area contributed by atoms with E-state index in [1.165, 1.54) is 86.8 Å². The normalized spacial score (nSPS) is 12.4. The van der Waals surface area contributed by atoms with Crippen LogP contribution in [0, 0.1) is 6.61 Å². The zero-order chi connectivity index (χ0) is 50.2. The van der Waals surface area contributed by atoms with E-state index in [1.54, 1.807) is 0 Å². The van der Waals surface area contributed by atoms with E-state index in [9.17, 15) is 0 Å². The molecule has 2 aliphatic rings. The second-order valence-electron chi connectivity index (χ2n) is 19.2. The molecular formula is C67H55Cl2O2Si2Zr-. The van der Waals surface area contributed by atoms with Gasteiger partial charge in [-0.1, -0.05) is 273 Å². The molecule has 0 heterocycles. The second-order valence-corrected chi connectivity index (χ2v) is 29.6. The van der Waals surface area contributed by atoms with Crippen LogP contribution in [0.25, 0.3) is 22.3 Å². The van der Waals surface area contributed by atoms with Gasteiger partial charge < -0.3 is 8.85 Å². The van der Waals surface area contributed by atoms with Crippen LogP contribution >= 0.6 is 17.0 Å². The SMILES string of the molecule is [Cl][Zr][Cl].c1ccc([Si](O[CH-]CCC(CO[Si](c2ccccc2)(c2ccccc2)c2ccccc2)(c2cccc3c2Cc2ccccc2-3)c2cccc3c2Cc2ccccc2-3)(c2ccccc2)c2ccccc2)cc1. The number of fused-ring (bicyclic) bond motifs is 6. The van der Waals surface area contributed by atoms with Crippen LogP contribution in [0.4, 0.5) is 0 Å². The molecular weight excluding hydrogens is 1060 g/mol. The van der Waals surface area contributed by atoms with Crippen molar-refractivity contribution in [1.82, 2.24) is 0 Å². The Hall–Kier alpha value is -5.98. The zero-order valence-electron chi connectivity index (χ0n) is 41.1. The van der Waals surface area contributed by atoms with E-state index in [4.69, 9.17) is 25.9 Å². The van der Waals surface area contributed by atoms with E-state index in [0.717, 1.165) is 19.3 Å². The first-order chi connectivity index (χ1) is 36.6. The van der Waals surface area contributed by atoms with Crippen LogP contribution < -0.4 is 31.1 Å². The minimum atomic E-state index is -3.22. The summed E-state index contributed by atoms with van der Waals surface area (Å²) >= 11 is -0.826. The van der Waals surface area contributed by atoms with Crippen LogP contribution in [0.15, 0.2) is 267 Å². The maximum atomic E-state index is 8.33. The van der Waals surface area contributed by atoms with Crippen molar-refractivity contribution in [2.75, 3.05) is 6.61 Å². The van der Waals surface area contributed by atoms with E-state index in [2.05, 4.69) is 274 Å². The first-order valence-corrected chi connectivity index (χ1v) is 35.6. The quantitative estimate of drug-likeness (QED) is 0.0415. The minimum absolute atomic E-state index is 0.448. The van der Waals surface area contributed by atoms with Gasteiger partial charge in [-0.3, -0.25) is 0 Å². The van der Waals surface area contributed by atoms with Crippen LogP contribution in [0.3, 0.4) is 0 Å². The van der Waals surface area contributed by atoms with Gasteiger partial charge in [-0.05, 0) is 99.6 Å². The Bertz CT molecular complexity index is 3170. The second kappa shape index (κ2) is 22.9. The molecule has 0 unspecified atom stereocenters. The molecule has 0 aliphatic heterocycles. The van der Waals surface area contributed by atoms with Crippen molar-refractivity contribution in [1.29, 1.82) is 0 Å². The van der Waals surface area contributed by atoms with Gasteiger partial charge in [-0.2, -0.15) is 6.42 Å². The van der Waals surface area contributed by atoms with Gasteiger partial charge in [0.2, 0.25) is 0 Å². The average molecular weight is 1110 g/mol. The van der Waals surface area contributed by atoms with Gasteiger partial charge in [0, 0.05) is 12.0 Å². The van der Waals surface area contributed by atoms with Gasteiger partial charge in [0.1, 0.15) is 0 Å². The molecule has 2 nitrogen and oxygen atoms in total. The largest absolute Gasteiger partial charge is 0.583 e. The summed E-state index contributed by atoms with van der Waals surface area (Å²) in [6.45, 7) is 2.63. The summed E-state index contributed by atoms with van der Waals surface area (Å²) in [6, 6.07) is 98.1. The van der Waals surface area contributed by atoms with Gasteiger partial charge >= 0.3 is 37.9 Å². The fourth-order valence-electron chi connectivity index (χ4n) is 12.1.